The summed E-state index contributed by atoms with van der Waals surface area (Å²) in [7, 11) is 1.51. The largest absolute Gasteiger partial charge is 0.545 e. The van der Waals surface area contributed by atoms with Crippen molar-refractivity contribution < 1.29 is 19.4 Å². The van der Waals surface area contributed by atoms with E-state index < -0.39 is 16.8 Å². The average molecular weight is 510 g/mol. The Bertz CT molecular complexity index is 1260. The second-order valence-corrected chi connectivity index (χ2v) is 9.00. The van der Waals surface area contributed by atoms with Crippen molar-refractivity contribution in [3.63, 3.8) is 0 Å². The van der Waals surface area contributed by atoms with Gasteiger partial charge in [-0.15, -0.1) is 0 Å². The molecule has 0 aliphatic carbocycles. The average Bonchev–Trinajstić information content (AvgIpc) is 2.97. The number of halogens is 4. The molecule has 0 fully saturated rings. The minimum absolute atomic E-state index is 0.125. The van der Waals surface area contributed by atoms with Crippen LogP contribution in [-0.4, -0.2) is 19.0 Å². The topological polar surface area (TPSA) is 69.7 Å². The van der Waals surface area contributed by atoms with E-state index in [1.54, 1.807) is 36.4 Å². The molecular formula is C23H14Cl4NO4-. The monoisotopic (exact) mass is 508 g/mol. The maximum absolute atomic E-state index is 13.8. The molecule has 164 valence electrons. The highest BCUT2D eigenvalue weighted by molar-refractivity contribution is 6.44. The van der Waals surface area contributed by atoms with Crippen molar-refractivity contribution in [1.29, 1.82) is 0 Å². The first-order valence-corrected chi connectivity index (χ1v) is 10.8. The zero-order chi connectivity index (χ0) is 23.2. The number of benzene rings is 3. The van der Waals surface area contributed by atoms with Gasteiger partial charge in [0, 0.05) is 31.8 Å². The van der Waals surface area contributed by atoms with Crippen molar-refractivity contribution in [1.82, 2.24) is 0 Å². The van der Waals surface area contributed by atoms with Crippen molar-refractivity contribution >= 4 is 64.0 Å². The first-order valence-electron chi connectivity index (χ1n) is 9.31. The molecule has 3 aromatic rings. The number of rotatable bonds is 5. The first kappa shape index (κ1) is 22.7. The quantitative estimate of drug-likeness (QED) is 0.451. The number of carbonyl (C=O) groups excluding carboxylic acids is 2. The van der Waals surface area contributed by atoms with Crippen molar-refractivity contribution in [3.05, 3.63) is 91.9 Å². The normalized spacial score (nSPS) is 17.4. The predicted octanol–water partition coefficient (Wildman–Crippen LogP) is 5.05. The van der Waals surface area contributed by atoms with Crippen molar-refractivity contribution in [2.75, 3.05) is 12.0 Å². The molecule has 0 bridgehead atoms. The summed E-state index contributed by atoms with van der Waals surface area (Å²) in [6, 6.07) is 13.9. The number of carboxylic acids is 1. The number of carbonyl (C=O) groups is 2. The minimum atomic E-state index is -1.79. The van der Waals surface area contributed by atoms with Gasteiger partial charge in [0.1, 0.15) is 5.75 Å². The molecule has 0 N–H and O–H groups in total. The second kappa shape index (κ2) is 8.49. The number of methoxy groups -OCH3 is 1. The molecule has 4 rings (SSSR count). The number of aromatic carboxylic acids is 1. The molecule has 0 saturated heterocycles. The van der Waals surface area contributed by atoms with Crippen LogP contribution >= 0.6 is 46.4 Å². The third kappa shape index (κ3) is 3.69. The molecule has 5 nitrogen and oxygen atoms in total. The van der Waals surface area contributed by atoms with Crippen molar-refractivity contribution in [3.8, 4) is 5.75 Å². The fourth-order valence-corrected chi connectivity index (χ4v) is 4.83. The number of carboxylic acid groups (broad SMARTS) is 1. The molecule has 0 radical (unpaired) electrons. The lowest BCUT2D eigenvalue weighted by Gasteiger charge is -2.25. The van der Waals surface area contributed by atoms with E-state index >= 15 is 0 Å². The summed E-state index contributed by atoms with van der Waals surface area (Å²) in [4.78, 5) is 24.9. The summed E-state index contributed by atoms with van der Waals surface area (Å²) >= 11 is 25.6. The zero-order valence-electron chi connectivity index (χ0n) is 16.5. The lowest BCUT2D eigenvalue weighted by Crippen LogP contribution is -2.37. The fourth-order valence-electron chi connectivity index (χ4n) is 3.78. The van der Waals surface area contributed by atoms with Crippen LogP contribution in [-0.2, 0) is 16.2 Å². The second-order valence-electron chi connectivity index (χ2n) is 7.15. The number of hydrogen-bond donors (Lipinski definition) is 0. The van der Waals surface area contributed by atoms with Gasteiger partial charge in [0.25, 0.3) is 5.91 Å². The Kier molecular flexibility index (Phi) is 6.03. The van der Waals surface area contributed by atoms with Gasteiger partial charge in [-0.2, -0.15) is 0 Å². The molecule has 0 aromatic heterocycles. The van der Waals surface area contributed by atoms with Gasteiger partial charge in [0.15, 0.2) is 4.87 Å². The molecule has 0 spiro atoms. The smallest absolute Gasteiger partial charge is 0.257 e. The molecule has 9 heteroatoms. The highest BCUT2D eigenvalue weighted by atomic mass is 35.5. The number of nitrogens with zero attached hydrogens (tertiary/aromatic N) is 1. The Morgan fingerprint density at radius 3 is 2.38 bits per heavy atom. The standard InChI is InChI=1S/C23H15Cl4NO4/c1-32-20-10-15(25)4-2-13(20)11-28-19-7-5-14(24)9-17(19)23(27,22(28)31)16-8-12(21(29)30)3-6-18(16)26/h2-10H,11H2,1H3,(H,29,30)/p-1. The van der Waals surface area contributed by atoms with Crippen LogP contribution < -0.4 is 14.7 Å². The zero-order valence-corrected chi connectivity index (χ0v) is 19.5. The minimum Gasteiger partial charge on any atom is -0.545 e. The lowest BCUT2D eigenvalue weighted by molar-refractivity contribution is -0.255. The van der Waals surface area contributed by atoms with Gasteiger partial charge in [-0.05, 0) is 48.0 Å². The van der Waals surface area contributed by atoms with Crippen LogP contribution in [0.4, 0.5) is 5.69 Å². The molecule has 32 heavy (non-hydrogen) atoms. The summed E-state index contributed by atoms with van der Waals surface area (Å²) in [6.07, 6.45) is 0. The first-order chi connectivity index (χ1) is 15.2. The van der Waals surface area contributed by atoms with Crippen LogP contribution in [0, 0.1) is 0 Å². The Morgan fingerprint density at radius 2 is 1.69 bits per heavy atom. The van der Waals surface area contributed by atoms with Gasteiger partial charge in [0.2, 0.25) is 0 Å². The third-order valence-corrected chi connectivity index (χ3v) is 6.68. The molecule has 1 aliphatic rings. The summed E-state index contributed by atoms with van der Waals surface area (Å²) in [5.74, 6) is -1.42. The molecule has 1 aliphatic heterocycles. The molecule has 1 unspecified atom stereocenters. The number of ether oxygens (including phenoxy) is 1. The van der Waals surface area contributed by atoms with Gasteiger partial charge in [-0.1, -0.05) is 58.5 Å². The van der Waals surface area contributed by atoms with Crippen molar-refractivity contribution in [2.45, 2.75) is 11.4 Å². The van der Waals surface area contributed by atoms with E-state index in [0.717, 1.165) is 0 Å². The lowest BCUT2D eigenvalue weighted by atomic mass is 9.90. The molecule has 1 heterocycles. The predicted molar refractivity (Wildman–Crippen MR) is 123 cm³/mol. The van der Waals surface area contributed by atoms with Crippen LogP contribution in [0.15, 0.2) is 54.6 Å². The van der Waals surface area contributed by atoms with Gasteiger partial charge >= 0.3 is 0 Å². The van der Waals surface area contributed by atoms with Crippen molar-refractivity contribution in [2.24, 2.45) is 0 Å². The number of amides is 1. The van der Waals surface area contributed by atoms with E-state index in [2.05, 4.69) is 0 Å². The van der Waals surface area contributed by atoms with Crippen LogP contribution in [0.3, 0.4) is 0 Å². The van der Waals surface area contributed by atoms with E-state index in [1.165, 1.54) is 30.2 Å². The van der Waals surface area contributed by atoms with E-state index in [-0.39, 0.29) is 22.7 Å². The Morgan fingerprint density at radius 1 is 1.00 bits per heavy atom. The van der Waals surface area contributed by atoms with Crippen LogP contribution in [0.2, 0.25) is 15.1 Å². The van der Waals surface area contributed by atoms with Gasteiger partial charge < -0.3 is 19.5 Å². The Balaban J connectivity index is 1.89. The summed E-state index contributed by atoms with van der Waals surface area (Å²) < 4.78 is 5.41. The highest BCUT2D eigenvalue weighted by Crippen LogP contribution is 2.52. The van der Waals surface area contributed by atoms with E-state index in [0.29, 0.717) is 32.6 Å². The number of fused-ring (bicyclic) bond motifs is 1. The third-order valence-electron chi connectivity index (χ3n) is 5.31. The van der Waals surface area contributed by atoms with E-state index in [4.69, 9.17) is 51.1 Å². The SMILES string of the molecule is COc1cc(Cl)ccc1CN1C(=O)C(Cl)(c2cc(C(=O)[O-])ccc2Cl)c2cc(Cl)ccc21. The van der Waals surface area contributed by atoms with Crippen LogP contribution in [0.25, 0.3) is 0 Å². The highest BCUT2D eigenvalue weighted by Gasteiger charge is 2.52. The van der Waals surface area contributed by atoms with Crippen LogP contribution in [0.5, 0.6) is 5.75 Å². The van der Waals surface area contributed by atoms with E-state index in [1.807, 2.05) is 0 Å². The van der Waals surface area contributed by atoms with Gasteiger partial charge in [-0.25, -0.2) is 0 Å². The molecule has 3 aromatic carbocycles. The molecule has 0 saturated carbocycles. The number of anilines is 1. The maximum atomic E-state index is 13.8. The molecule has 1 amide bonds. The molecule has 1 atom stereocenters. The Hall–Kier alpha value is -2.44. The number of alkyl halides is 1. The van der Waals surface area contributed by atoms with Gasteiger partial charge in [0.05, 0.1) is 25.3 Å². The summed E-state index contributed by atoms with van der Waals surface area (Å²) in [5.41, 5.74) is 1.57. The Labute approximate surface area is 204 Å². The number of hydrogen-bond acceptors (Lipinski definition) is 4. The van der Waals surface area contributed by atoms with E-state index in [9.17, 15) is 14.7 Å². The van der Waals surface area contributed by atoms with Gasteiger partial charge in [-0.3, -0.25) is 4.79 Å². The maximum Gasteiger partial charge on any atom is 0.257 e. The molecular weight excluding hydrogens is 496 g/mol. The van der Waals surface area contributed by atoms with Crippen LogP contribution in [0.1, 0.15) is 27.0 Å². The summed E-state index contributed by atoms with van der Waals surface area (Å²) in [6.45, 7) is 0.125. The summed E-state index contributed by atoms with van der Waals surface area (Å²) in [5, 5.41) is 12.4. The fraction of sp³-hybridized carbons (Fsp3) is 0.130.